The molecule has 1 saturated carbocycles. The first-order chi connectivity index (χ1) is 16.0. The average Bonchev–Trinajstić information content (AvgIpc) is 3.30. The van der Waals surface area contributed by atoms with Gasteiger partial charge in [-0.2, -0.15) is 0 Å². The Hall–Kier alpha value is -3.68. The molecule has 1 aromatic heterocycles. The van der Waals surface area contributed by atoms with E-state index in [1.165, 1.54) is 18.2 Å². The first-order valence-corrected chi connectivity index (χ1v) is 10.9. The smallest absolute Gasteiger partial charge is 0.344 e. The van der Waals surface area contributed by atoms with Gasteiger partial charge in [-0.1, -0.05) is 0 Å². The Kier molecular flexibility index (Phi) is 6.72. The minimum absolute atomic E-state index is 0.0261. The molecule has 3 aromatic rings. The van der Waals surface area contributed by atoms with Crippen molar-refractivity contribution < 1.29 is 33.3 Å². The Labute approximate surface area is 190 Å². The van der Waals surface area contributed by atoms with Crippen molar-refractivity contribution in [2.75, 3.05) is 20.3 Å². The maximum Gasteiger partial charge on any atom is 0.344 e. The summed E-state index contributed by atoms with van der Waals surface area (Å²) in [6.07, 6.45) is 4.39. The van der Waals surface area contributed by atoms with Crippen molar-refractivity contribution >= 4 is 16.9 Å². The third kappa shape index (κ3) is 5.05. The molecule has 33 heavy (non-hydrogen) atoms. The Balaban J connectivity index is 1.68. The lowest BCUT2D eigenvalue weighted by atomic mass is 10.1. The number of fused-ring (bicyclic) bond motifs is 1. The van der Waals surface area contributed by atoms with Gasteiger partial charge in [-0.25, -0.2) is 4.79 Å². The van der Waals surface area contributed by atoms with Crippen LogP contribution < -0.4 is 19.6 Å². The van der Waals surface area contributed by atoms with Gasteiger partial charge in [0.25, 0.3) is 0 Å². The van der Waals surface area contributed by atoms with Crippen LogP contribution in [0.1, 0.15) is 32.6 Å². The largest absolute Gasteiger partial charge is 0.507 e. The third-order valence-electron chi connectivity index (χ3n) is 5.49. The predicted molar refractivity (Wildman–Crippen MR) is 121 cm³/mol. The second kappa shape index (κ2) is 9.85. The fourth-order valence-electron chi connectivity index (χ4n) is 3.92. The molecule has 4 rings (SSSR count). The summed E-state index contributed by atoms with van der Waals surface area (Å²) < 4.78 is 27.7. The monoisotopic (exact) mass is 454 g/mol. The fraction of sp³-hybridized carbons (Fsp3) is 0.360. The lowest BCUT2D eigenvalue weighted by Gasteiger charge is -2.17. The van der Waals surface area contributed by atoms with Crippen molar-refractivity contribution in [2.24, 2.45) is 0 Å². The predicted octanol–water partition coefficient (Wildman–Crippen LogP) is 4.44. The van der Waals surface area contributed by atoms with E-state index in [2.05, 4.69) is 0 Å². The van der Waals surface area contributed by atoms with Crippen LogP contribution in [-0.2, 0) is 9.53 Å². The maximum atomic E-state index is 12.8. The zero-order valence-corrected chi connectivity index (χ0v) is 18.6. The molecule has 1 aliphatic rings. The van der Waals surface area contributed by atoms with Crippen LogP contribution in [0.25, 0.3) is 22.3 Å². The quantitative estimate of drug-likeness (QED) is 0.498. The molecule has 174 valence electrons. The number of carbonyl (C=O) groups excluding carboxylic acids is 1. The number of hydrogen-bond donors (Lipinski definition) is 1. The molecule has 1 N–H and O–H groups in total. The first-order valence-electron chi connectivity index (χ1n) is 10.9. The SMILES string of the molecule is CCOC(=O)COc1cc(O)c2c(=O)cc(-c3ccc(OC)c(OC4CCCC4)c3)oc2c1. The lowest BCUT2D eigenvalue weighted by molar-refractivity contribution is -0.145. The fourth-order valence-corrected chi connectivity index (χ4v) is 3.92. The van der Waals surface area contributed by atoms with Gasteiger partial charge in [0, 0.05) is 23.8 Å². The van der Waals surface area contributed by atoms with Crippen molar-refractivity contribution in [3.05, 3.63) is 46.6 Å². The standard InChI is InChI=1S/C25H26O8/c1-3-30-24(28)14-31-17-11-18(26)25-19(27)13-21(33-23(25)12-17)15-8-9-20(29-2)22(10-15)32-16-6-4-5-7-16/h8-13,16,26H,3-7,14H2,1-2H3. The van der Waals surface area contributed by atoms with Gasteiger partial charge in [0.1, 0.15) is 28.2 Å². The highest BCUT2D eigenvalue weighted by Crippen LogP contribution is 2.37. The van der Waals surface area contributed by atoms with Crippen LogP contribution in [0, 0.1) is 0 Å². The van der Waals surface area contributed by atoms with E-state index in [0.717, 1.165) is 25.7 Å². The van der Waals surface area contributed by atoms with E-state index in [1.807, 2.05) is 0 Å². The molecule has 1 aliphatic carbocycles. The summed E-state index contributed by atoms with van der Waals surface area (Å²) in [5.41, 5.74) is 0.348. The van der Waals surface area contributed by atoms with E-state index in [1.54, 1.807) is 32.2 Å². The third-order valence-corrected chi connectivity index (χ3v) is 5.49. The topological polar surface area (TPSA) is 104 Å². The zero-order chi connectivity index (χ0) is 23.4. The summed E-state index contributed by atoms with van der Waals surface area (Å²) in [7, 11) is 1.58. The second-order valence-electron chi connectivity index (χ2n) is 7.77. The Morgan fingerprint density at radius 2 is 1.91 bits per heavy atom. The summed E-state index contributed by atoms with van der Waals surface area (Å²) in [5, 5.41) is 10.4. The average molecular weight is 454 g/mol. The van der Waals surface area contributed by atoms with Gasteiger partial charge in [-0.3, -0.25) is 4.79 Å². The van der Waals surface area contributed by atoms with E-state index in [9.17, 15) is 14.7 Å². The first kappa shape index (κ1) is 22.5. The van der Waals surface area contributed by atoms with Crippen LogP contribution in [0.5, 0.6) is 23.0 Å². The number of phenols is 1. The van der Waals surface area contributed by atoms with Crippen LogP contribution in [0.3, 0.4) is 0 Å². The summed E-state index contributed by atoms with van der Waals surface area (Å²) in [4.78, 5) is 24.3. The van der Waals surface area contributed by atoms with Gasteiger partial charge in [-0.05, 0) is 50.8 Å². The molecule has 0 unspecified atom stereocenters. The summed E-state index contributed by atoms with van der Waals surface area (Å²) in [5.74, 6) is 0.814. The molecule has 0 saturated heterocycles. The van der Waals surface area contributed by atoms with Crippen molar-refractivity contribution in [3.63, 3.8) is 0 Å². The number of carbonyl (C=O) groups is 1. The molecule has 0 aliphatic heterocycles. The molecule has 2 aromatic carbocycles. The summed E-state index contributed by atoms with van der Waals surface area (Å²) >= 11 is 0. The van der Waals surface area contributed by atoms with Gasteiger partial charge in [0.2, 0.25) is 0 Å². The molecule has 0 atom stereocenters. The Morgan fingerprint density at radius 1 is 1.12 bits per heavy atom. The molecule has 0 radical (unpaired) electrons. The van der Waals surface area contributed by atoms with Gasteiger partial charge in [-0.15, -0.1) is 0 Å². The van der Waals surface area contributed by atoms with E-state index in [0.29, 0.717) is 22.8 Å². The Morgan fingerprint density at radius 3 is 2.64 bits per heavy atom. The lowest BCUT2D eigenvalue weighted by Crippen LogP contribution is -2.14. The highest BCUT2D eigenvalue weighted by molar-refractivity contribution is 5.86. The maximum absolute atomic E-state index is 12.8. The highest BCUT2D eigenvalue weighted by Gasteiger charge is 2.20. The van der Waals surface area contributed by atoms with E-state index < -0.39 is 11.4 Å². The van der Waals surface area contributed by atoms with E-state index in [4.69, 9.17) is 23.4 Å². The molecule has 8 nitrogen and oxygen atoms in total. The van der Waals surface area contributed by atoms with Gasteiger partial charge >= 0.3 is 5.97 Å². The molecular formula is C25H26O8. The molecule has 8 heteroatoms. The van der Waals surface area contributed by atoms with Crippen LogP contribution >= 0.6 is 0 Å². The number of ether oxygens (including phenoxy) is 4. The molecule has 1 fully saturated rings. The molecular weight excluding hydrogens is 428 g/mol. The number of aromatic hydroxyl groups is 1. The number of benzene rings is 2. The number of methoxy groups -OCH3 is 1. The van der Waals surface area contributed by atoms with Crippen molar-refractivity contribution in [3.8, 4) is 34.3 Å². The zero-order valence-electron chi connectivity index (χ0n) is 18.6. The van der Waals surface area contributed by atoms with Crippen LogP contribution in [0.4, 0.5) is 0 Å². The summed E-state index contributed by atoms with van der Waals surface area (Å²) in [6.45, 7) is 1.60. The van der Waals surface area contributed by atoms with Gasteiger partial charge in [0.15, 0.2) is 23.5 Å². The van der Waals surface area contributed by atoms with E-state index in [-0.39, 0.29) is 41.8 Å². The molecule has 1 heterocycles. The van der Waals surface area contributed by atoms with Crippen molar-refractivity contribution in [1.29, 1.82) is 0 Å². The van der Waals surface area contributed by atoms with Crippen LogP contribution in [0.2, 0.25) is 0 Å². The number of esters is 1. The number of rotatable bonds is 8. The minimum Gasteiger partial charge on any atom is -0.507 e. The van der Waals surface area contributed by atoms with Crippen LogP contribution in [-0.4, -0.2) is 37.5 Å². The number of phenolic OH excluding ortho intramolecular Hbond substituents is 1. The molecule has 0 bridgehead atoms. The second-order valence-corrected chi connectivity index (χ2v) is 7.77. The number of hydrogen-bond acceptors (Lipinski definition) is 8. The normalized spacial score (nSPS) is 13.8. The highest BCUT2D eigenvalue weighted by atomic mass is 16.6. The van der Waals surface area contributed by atoms with Gasteiger partial charge < -0.3 is 28.5 Å². The minimum atomic E-state index is -0.541. The molecule has 0 spiro atoms. The van der Waals surface area contributed by atoms with Gasteiger partial charge in [0.05, 0.1) is 19.8 Å². The summed E-state index contributed by atoms with van der Waals surface area (Å²) in [6, 6.07) is 9.36. The van der Waals surface area contributed by atoms with Crippen molar-refractivity contribution in [1.82, 2.24) is 0 Å². The van der Waals surface area contributed by atoms with Crippen molar-refractivity contribution in [2.45, 2.75) is 38.7 Å². The molecule has 0 amide bonds. The Bertz CT molecular complexity index is 1210. The van der Waals surface area contributed by atoms with E-state index >= 15 is 0 Å². The van der Waals surface area contributed by atoms with Crippen LogP contribution in [0.15, 0.2) is 45.6 Å².